The van der Waals surface area contributed by atoms with E-state index in [4.69, 9.17) is 0 Å². The van der Waals surface area contributed by atoms with Crippen LogP contribution in [0.1, 0.15) is 95.2 Å². The van der Waals surface area contributed by atoms with E-state index in [0.29, 0.717) is 11.8 Å². The van der Waals surface area contributed by atoms with Gasteiger partial charge in [0.15, 0.2) is 0 Å². The van der Waals surface area contributed by atoms with Crippen molar-refractivity contribution in [1.82, 2.24) is 0 Å². The SMILES string of the molecule is Cc1cccc(C)c1B1N(C)c2cccc(C)c2N1c1cccc[n+]1C.Cc1cccc(C)c1B1N(c2ccccc2)c2cccc(C)c2N1c1cccc[n+]1C.Cc1cccc2c1N(c1cccc[n+]1C)B(c1c(-c3ccccc3)cccc1-c1ccccc1)N2c1ccccc1.Cc1cccc2c1N(c1cccc[n+]1C)B(c1c(C(C)C)cccc1C(C)C)N2c1ccccc1. The van der Waals surface area contributed by atoms with Crippen LogP contribution >= 0.6 is 0 Å². The Balaban J connectivity index is 0.000000120. The maximum atomic E-state index is 2.56. The number of aromatic nitrogens is 4. The molecule has 4 aliphatic heterocycles. The van der Waals surface area contributed by atoms with Crippen molar-refractivity contribution >= 4 is 136 Å². The Hall–Kier alpha value is -14.9. The zero-order chi connectivity index (χ0) is 92.4. The number of benzene rings is 13. The molecule has 0 amide bonds. The van der Waals surface area contributed by atoms with Crippen LogP contribution in [0.15, 0.2) is 395 Å². The Kier molecular flexibility index (Phi) is 25.5. The van der Waals surface area contributed by atoms with Crippen molar-refractivity contribution in [3.63, 3.8) is 0 Å². The second-order valence-electron chi connectivity index (χ2n) is 36.4. The van der Waals surface area contributed by atoms with E-state index in [-0.39, 0.29) is 27.9 Å². The molecular formula is C117H118B4N12+4. The van der Waals surface area contributed by atoms with Gasteiger partial charge in [0.1, 0.15) is 22.7 Å². The quantitative estimate of drug-likeness (QED) is 0.0743. The number of rotatable bonds is 15. The summed E-state index contributed by atoms with van der Waals surface area (Å²) >= 11 is 0. The second kappa shape index (κ2) is 38.3. The van der Waals surface area contributed by atoms with E-state index in [0.717, 1.165) is 11.5 Å². The molecular weight excluding hydrogens is 1620 g/mol. The Morgan fingerprint density at radius 2 is 0.451 bits per heavy atom. The number of para-hydroxylation sites is 7. The number of hydrogen-bond acceptors (Lipinski definition) is 8. The Labute approximate surface area is 790 Å². The van der Waals surface area contributed by atoms with Crippen LogP contribution in [-0.2, 0) is 28.2 Å². The minimum absolute atomic E-state index is 0.00176. The molecule has 16 heteroatoms. The number of anilines is 15. The van der Waals surface area contributed by atoms with Gasteiger partial charge in [-0.2, -0.15) is 0 Å². The first kappa shape index (κ1) is 88.7. The third-order valence-electron chi connectivity index (χ3n) is 27.1. The molecule has 0 spiro atoms. The van der Waals surface area contributed by atoms with Gasteiger partial charge >= 0.3 is 27.9 Å². The first-order valence-corrected chi connectivity index (χ1v) is 46.8. The number of aryl methyl sites for hydroxylation is 12. The summed E-state index contributed by atoms with van der Waals surface area (Å²) in [5.74, 6) is 5.51. The lowest BCUT2D eigenvalue weighted by atomic mass is 9.58. The predicted molar refractivity (Wildman–Crippen MR) is 563 cm³/mol. The van der Waals surface area contributed by atoms with Crippen molar-refractivity contribution in [2.24, 2.45) is 28.2 Å². The maximum absolute atomic E-state index is 2.56. The van der Waals surface area contributed by atoms with Crippen LogP contribution in [0.3, 0.4) is 0 Å². The summed E-state index contributed by atoms with van der Waals surface area (Å²) in [7, 11) is 10.7. The molecule has 12 nitrogen and oxygen atoms in total. The molecule has 4 aromatic heterocycles. The molecule has 0 unspecified atom stereocenters. The van der Waals surface area contributed by atoms with Gasteiger partial charge in [0.25, 0.3) is 23.3 Å². The summed E-state index contributed by atoms with van der Waals surface area (Å²) in [5.41, 5.74) is 37.1. The smallest absolute Gasteiger partial charge is 0.369 e. The molecule has 0 radical (unpaired) electrons. The summed E-state index contributed by atoms with van der Waals surface area (Å²) in [5, 5.41) is 0. The molecule has 13 aromatic carbocycles. The largest absolute Gasteiger partial charge is 0.543 e. The van der Waals surface area contributed by atoms with Crippen LogP contribution in [-0.4, -0.2) is 35.0 Å². The zero-order valence-electron chi connectivity index (χ0n) is 79.9. The summed E-state index contributed by atoms with van der Waals surface area (Å²) < 4.78 is 8.89. The molecule has 0 saturated heterocycles. The van der Waals surface area contributed by atoms with E-state index >= 15 is 0 Å². The van der Waals surface area contributed by atoms with Gasteiger partial charge in [-0.05, 0) is 237 Å². The lowest BCUT2D eigenvalue weighted by Crippen LogP contribution is -2.58. The molecule has 0 atom stereocenters. The minimum Gasteiger partial charge on any atom is -0.369 e. The molecule has 17 aromatic rings. The Morgan fingerprint density at radius 1 is 0.211 bits per heavy atom. The zero-order valence-corrected chi connectivity index (χ0v) is 79.9. The summed E-state index contributed by atoms with van der Waals surface area (Å²) in [6, 6.07) is 133. The fourth-order valence-corrected chi connectivity index (χ4v) is 20.9. The molecule has 133 heavy (non-hydrogen) atoms. The second-order valence-corrected chi connectivity index (χ2v) is 36.4. The predicted octanol–water partition coefficient (Wildman–Crippen LogP) is 23.1. The highest BCUT2D eigenvalue weighted by Crippen LogP contribution is 2.53. The molecule has 0 N–H and O–H groups in total. The molecule has 0 aliphatic carbocycles. The highest BCUT2D eigenvalue weighted by Gasteiger charge is 2.58. The topological polar surface area (TPSA) is 41.4 Å². The van der Waals surface area contributed by atoms with Gasteiger partial charge in [-0.25, -0.2) is 18.3 Å². The summed E-state index contributed by atoms with van der Waals surface area (Å²) in [4.78, 5) is 20.0. The van der Waals surface area contributed by atoms with Gasteiger partial charge < -0.3 is 19.2 Å². The maximum Gasteiger partial charge on any atom is 0.543 e. The number of hydrogen-bond donors (Lipinski definition) is 0. The van der Waals surface area contributed by atoms with Crippen LogP contribution in [0.4, 0.5) is 85.8 Å². The van der Waals surface area contributed by atoms with E-state index in [9.17, 15) is 0 Å². The van der Waals surface area contributed by atoms with Gasteiger partial charge in [0.2, 0.25) is 0 Å². The van der Waals surface area contributed by atoms with Crippen molar-refractivity contribution in [3.8, 4) is 22.3 Å². The van der Waals surface area contributed by atoms with Crippen LogP contribution in [0.25, 0.3) is 22.3 Å². The number of pyridine rings is 4. The van der Waals surface area contributed by atoms with Crippen LogP contribution in [0.2, 0.25) is 0 Å². The third kappa shape index (κ3) is 16.7. The lowest BCUT2D eigenvalue weighted by molar-refractivity contribution is -0.658. The van der Waals surface area contributed by atoms with E-state index in [1.807, 2.05) is 0 Å². The normalized spacial score (nSPS) is 13.0. The molecule has 21 rings (SSSR count). The molecule has 654 valence electrons. The van der Waals surface area contributed by atoms with Gasteiger partial charge in [-0.15, -0.1) is 0 Å². The van der Waals surface area contributed by atoms with Crippen molar-refractivity contribution in [2.45, 2.75) is 94.9 Å². The van der Waals surface area contributed by atoms with Gasteiger partial charge in [-0.1, -0.05) is 289 Å². The van der Waals surface area contributed by atoms with E-state index < -0.39 is 0 Å². The third-order valence-corrected chi connectivity index (χ3v) is 27.1. The van der Waals surface area contributed by atoms with Gasteiger partial charge in [0.05, 0.1) is 75.7 Å². The standard InChI is InChI=1S/C37H31BN3.C31H35BN3.C27H27BN3.C22H25BN3/c1-28-16-14-25-34-37(28)41(35-26-12-13-27-39(35)2)38(40(34)31-21-10-5-11-22-31)36-32(29-17-6-3-7-18-29)23-15-24-33(36)30-19-8-4-9-20-30;1-22(2)26-17-13-18-27(23(3)4)30(26)32-34(25-15-8-7-9-16-25)28-19-12-14-24(5)31(28)35(32)29-20-10-11-21-33(29)6;1-20-12-10-13-21(2)26(20)28-30(23-15-6-5-7-16-23)24-17-11-14-22(3)27(24)31(28)25-18-8-9-19-29(25)4;1-16-10-8-11-17(2)21(16)23-25(5)19-13-9-12-18(3)22(19)26(23)20-14-6-7-15-24(20)4/h3-27H,1-2H3;7-23H,1-6H3;5-19H,1-4H3;6-15H,1-5H3/q4*+1. The van der Waals surface area contributed by atoms with Crippen molar-refractivity contribution in [1.29, 1.82) is 0 Å². The van der Waals surface area contributed by atoms with Crippen LogP contribution in [0, 0.1) is 55.4 Å². The first-order chi connectivity index (χ1) is 64.7. The van der Waals surface area contributed by atoms with Crippen LogP contribution < -0.4 is 78.6 Å². The molecule has 4 aliphatic rings. The fourth-order valence-electron chi connectivity index (χ4n) is 20.9. The monoisotopic (exact) mass is 1730 g/mol. The molecule has 0 fully saturated rings. The van der Waals surface area contributed by atoms with Crippen molar-refractivity contribution in [3.05, 3.63) is 450 Å². The van der Waals surface area contributed by atoms with Gasteiger partial charge in [0, 0.05) is 63.2 Å². The number of nitrogens with zero attached hydrogens (tertiary/aromatic N) is 12. The number of fused-ring (bicyclic) bond motifs is 4. The Morgan fingerprint density at radius 3 is 0.767 bits per heavy atom. The van der Waals surface area contributed by atoms with Crippen molar-refractivity contribution < 1.29 is 18.3 Å². The fraction of sp³-hybridized carbons (Fsp3) is 0.162. The molecule has 0 saturated carbocycles. The molecule has 0 bridgehead atoms. The lowest BCUT2D eigenvalue weighted by Gasteiger charge is -2.29. The van der Waals surface area contributed by atoms with Crippen molar-refractivity contribution in [2.75, 3.05) is 45.5 Å². The highest BCUT2D eigenvalue weighted by molar-refractivity contribution is 6.87. The van der Waals surface area contributed by atoms with Gasteiger partial charge in [-0.3, -0.25) is 19.2 Å². The average Bonchev–Trinajstić information content (AvgIpc) is 1.57. The average molecular weight is 1740 g/mol. The van der Waals surface area contributed by atoms with Crippen LogP contribution in [0.5, 0.6) is 0 Å². The van der Waals surface area contributed by atoms with E-state index in [1.54, 1.807) is 0 Å². The van der Waals surface area contributed by atoms with E-state index in [2.05, 4.69) is 570 Å². The van der Waals surface area contributed by atoms with E-state index in [1.165, 1.54) is 174 Å². The summed E-state index contributed by atoms with van der Waals surface area (Å²) in [6.07, 6.45) is 8.53. The summed E-state index contributed by atoms with van der Waals surface area (Å²) in [6.45, 7) is 27.0. The minimum atomic E-state index is -0.145. The molecule has 8 heterocycles. The Bertz CT molecular complexity index is 6940. The highest BCUT2D eigenvalue weighted by atomic mass is 15.4. The first-order valence-electron chi connectivity index (χ1n) is 46.8.